The molecule has 2 heterocycles. The molecule has 1 amide bonds. The highest BCUT2D eigenvalue weighted by atomic mass is 32.2. The van der Waals surface area contributed by atoms with Crippen molar-refractivity contribution < 1.29 is 13.2 Å². The van der Waals surface area contributed by atoms with E-state index in [1.807, 2.05) is 26.0 Å². The van der Waals surface area contributed by atoms with E-state index in [1.54, 1.807) is 4.90 Å². The minimum absolute atomic E-state index is 0.000926. The third-order valence-corrected chi connectivity index (χ3v) is 6.48. The number of carbonyl (C=O) groups excluding carboxylic acids is 1. The van der Waals surface area contributed by atoms with Crippen molar-refractivity contribution in [2.24, 2.45) is 5.92 Å². The molecular weight excluding hydrogens is 324 g/mol. The molecule has 0 radical (unpaired) electrons. The van der Waals surface area contributed by atoms with Crippen LogP contribution in [-0.2, 0) is 14.6 Å². The Morgan fingerprint density at radius 2 is 1.67 bits per heavy atom. The van der Waals surface area contributed by atoms with Crippen molar-refractivity contribution in [3.8, 4) is 0 Å². The minimum Gasteiger partial charge on any atom is -0.306 e. The molecule has 0 aliphatic carbocycles. The van der Waals surface area contributed by atoms with Crippen LogP contribution in [0.4, 0.5) is 5.69 Å². The predicted molar refractivity (Wildman–Crippen MR) is 96.0 cm³/mol. The van der Waals surface area contributed by atoms with Gasteiger partial charge in [-0.25, -0.2) is 8.42 Å². The Labute approximate surface area is 144 Å². The fourth-order valence-electron chi connectivity index (χ4n) is 4.05. The van der Waals surface area contributed by atoms with Gasteiger partial charge in [-0.2, -0.15) is 0 Å². The molecule has 5 nitrogen and oxygen atoms in total. The van der Waals surface area contributed by atoms with Crippen molar-refractivity contribution in [3.05, 3.63) is 29.3 Å². The van der Waals surface area contributed by atoms with Crippen LogP contribution in [0.2, 0.25) is 0 Å². The average Bonchev–Trinajstić information content (AvgIpc) is 2.72. The van der Waals surface area contributed by atoms with Crippen LogP contribution in [0.1, 0.15) is 25.0 Å². The molecule has 2 aliphatic heterocycles. The van der Waals surface area contributed by atoms with Crippen molar-refractivity contribution in [2.45, 2.75) is 39.8 Å². The van der Waals surface area contributed by atoms with Crippen LogP contribution in [0.3, 0.4) is 0 Å². The van der Waals surface area contributed by atoms with Gasteiger partial charge in [0.05, 0.1) is 24.1 Å². The molecule has 0 saturated carbocycles. The molecule has 0 spiro atoms. The summed E-state index contributed by atoms with van der Waals surface area (Å²) < 4.78 is 24.6. The number of hydrogen-bond acceptors (Lipinski definition) is 4. The van der Waals surface area contributed by atoms with Gasteiger partial charge >= 0.3 is 0 Å². The molecule has 1 aromatic carbocycles. The van der Waals surface area contributed by atoms with Gasteiger partial charge in [0, 0.05) is 18.3 Å². The first-order valence-corrected chi connectivity index (χ1v) is 10.3. The Hall–Kier alpha value is -1.40. The van der Waals surface area contributed by atoms with Crippen LogP contribution >= 0.6 is 0 Å². The number of carbonyl (C=O) groups is 1. The third kappa shape index (κ3) is 3.35. The summed E-state index contributed by atoms with van der Waals surface area (Å²) in [5, 5.41) is 0. The first-order valence-electron chi connectivity index (χ1n) is 8.51. The first-order chi connectivity index (χ1) is 11.2. The number of aryl methyl sites for hydroxylation is 2. The number of amides is 1. The second-order valence-corrected chi connectivity index (χ2v) is 9.80. The van der Waals surface area contributed by atoms with Crippen molar-refractivity contribution in [1.82, 2.24) is 4.90 Å². The zero-order valence-corrected chi connectivity index (χ0v) is 15.6. The van der Waals surface area contributed by atoms with Gasteiger partial charge in [-0.3, -0.25) is 9.69 Å². The van der Waals surface area contributed by atoms with Gasteiger partial charge in [-0.1, -0.05) is 19.9 Å². The fourth-order valence-corrected chi connectivity index (χ4v) is 6.03. The molecule has 2 atom stereocenters. The molecule has 2 unspecified atom stereocenters. The maximum atomic E-state index is 12.9. The highest BCUT2D eigenvalue weighted by Crippen LogP contribution is 2.32. The van der Waals surface area contributed by atoms with E-state index in [1.165, 1.54) is 0 Å². The lowest BCUT2D eigenvalue weighted by atomic mass is 10.0. The van der Waals surface area contributed by atoms with E-state index in [4.69, 9.17) is 0 Å². The number of rotatable bonds is 3. The largest absolute Gasteiger partial charge is 0.306 e. The molecule has 2 saturated heterocycles. The van der Waals surface area contributed by atoms with Crippen LogP contribution < -0.4 is 4.90 Å². The van der Waals surface area contributed by atoms with E-state index in [2.05, 4.69) is 24.8 Å². The number of anilines is 1. The van der Waals surface area contributed by atoms with E-state index in [0.29, 0.717) is 12.5 Å². The topological polar surface area (TPSA) is 57.7 Å². The molecule has 6 heteroatoms. The van der Waals surface area contributed by atoms with Gasteiger partial charge < -0.3 is 4.90 Å². The number of sulfone groups is 1. The molecule has 3 rings (SSSR count). The smallest absolute Gasteiger partial charge is 0.241 e. The molecule has 0 bridgehead atoms. The third-order valence-electron chi connectivity index (χ3n) is 4.79. The van der Waals surface area contributed by atoms with Gasteiger partial charge in [-0.15, -0.1) is 0 Å². The monoisotopic (exact) mass is 350 g/mol. The van der Waals surface area contributed by atoms with E-state index < -0.39 is 9.84 Å². The van der Waals surface area contributed by atoms with Gasteiger partial charge in [-0.05, 0) is 43.0 Å². The van der Waals surface area contributed by atoms with E-state index in [9.17, 15) is 13.2 Å². The van der Waals surface area contributed by atoms with Crippen molar-refractivity contribution in [1.29, 1.82) is 0 Å². The van der Waals surface area contributed by atoms with Crippen LogP contribution in [0.5, 0.6) is 0 Å². The number of fused-ring (bicyclic) bond motifs is 1. The summed E-state index contributed by atoms with van der Waals surface area (Å²) in [6.45, 7) is 9.24. The van der Waals surface area contributed by atoms with Crippen LogP contribution in [0.25, 0.3) is 0 Å². The Bertz CT molecular complexity index is 737. The second-order valence-electron chi connectivity index (χ2n) is 7.64. The normalized spacial score (nSPS) is 26.9. The quantitative estimate of drug-likeness (QED) is 0.834. The number of nitrogens with zero attached hydrogens (tertiary/aromatic N) is 2. The Kier molecular flexibility index (Phi) is 4.47. The van der Waals surface area contributed by atoms with Crippen molar-refractivity contribution in [2.75, 3.05) is 29.5 Å². The SMILES string of the molecule is Cc1cc(C)cc(N2C(=O)CN(CC(C)C)C3CS(=O)(=O)CC32)c1. The number of benzene rings is 1. The minimum atomic E-state index is -3.12. The molecule has 1 aromatic rings. The molecule has 132 valence electrons. The summed E-state index contributed by atoms with van der Waals surface area (Å²) in [4.78, 5) is 16.7. The van der Waals surface area contributed by atoms with Crippen LogP contribution in [0, 0.1) is 19.8 Å². The van der Waals surface area contributed by atoms with Gasteiger partial charge in [0.2, 0.25) is 5.91 Å². The van der Waals surface area contributed by atoms with Gasteiger partial charge in [0.25, 0.3) is 0 Å². The molecule has 0 aromatic heterocycles. The average molecular weight is 350 g/mol. The standard InChI is InChI=1S/C18H26N2O3S/c1-12(2)8-19-9-18(21)20(15-6-13(3)5-14(4)7-15)17-11-24(22,23)10-16(17)19/h5-7,12,16-17H,8-11H2,1-4H3. The number of piperazine rings is 1. The zero-order valence-electron chi connectivity index (χ0n) is 14.8. The summed E-state index contributed by atoms with van der Waals surface area (Å²) in [5.41, 5.74) is 2.99. The molecule has 2 aliphatic rings. The zero-order chi connectivity index (χ0) is 17.6. The predicted octanol–water partition coefficient (Wildman–Crippen LogP) is 1.77. The fraction of sp³-hybridized carbons (Fsp3) is 0.611. The molecule has 0 N–H and O–H groups in total. The lowest BCUT2D eigenvalue weighted by Crippen LogP contribution is -2.62. The summed E-state index contributed by atoms with van der Waals surface area (Å²) in [5.74, 6) is 0.609. The van der Waals surface area contributed by atoms with E-state index >= 15 is 0 Å². The maximum absolute atomic E-state index is 12.9. The lowest BCUT2D eigenvalue weighted by molar-refractivity contribution is -0.123. The number of hydrogen-bond donors (Lipinski definition) is 0. The van der Waals surface area contributed by atoms with Crippen molar-refractivity contribution >= 4 is 21.4 Å². The van der Waals surface area contributed by atoms with Crippen LogP contribution in [0.15, 0.2) is 18.2 Å². The summed E-state index contributed by atoms with van der Waals surface area (Å²) in [6.07, 6.45) is 0. The Morgan fingerprint density at radius 3 is 2.25 bits per heavy atom. The highest BCUT2D eigenvalue weighted by Gasteiger charge is 2.49. The van der Waals surface area contributed by atoms with E-state index in [0.717, 1.165) is 23.4 Å². The highest BCUT2D eigenvalue weighted by molar-refractivity contribution is 7.91. The summed E-state index contributed by atoms with van der Waals surface area (Å²) in [7, 11) is -3.12. The van der Waals surface area contributed by atoms with Gasteiger partial charge in [0.1, 0.15) is 0 Å². The molecular formula is C18H26N2O3S. The Morgan fingerprint density at radius 1 is 1.08 bits per heavy atom. The van der Waals surface area contributed by atoms with Gasteiger partial charge in [0.15, 0.2) is 9.84 Å². The Balaban J connectivity index is 2.00. The molecule has 24 heavy (non-hydrogen) atoms. The van der Waals surface area contributed by atoms with Crippen molar-refractivity contribution in [3.63, 3.8) is 0 Å². The summed E-state index contributed by atoms with van der Waals surface area (Å²) >= 11 is 0. The van der Waals surface area contributed by atoms with Crippen LogP contribution in [-0.4, -0.2) is 55.9 Å². The molecule has 2 fully saturated rings. The van der Waals surface area contributed by atoms with E-state index in [-0.39, 0.29) is 29.5 Å². The maximum Gasteiger partial charge on any atom is 0.241 e. The second kappa shape index (κ2) is 6.15. The summed E-state index contributed by atoms with van der Waals surface area (Å²) in [6, 6.07) is 5.63. The lowest BCUT2D eigenvalue weighted by Gasteiger charge is -2.44. The first kappa shape index (κ1) is 17.4.